The van der Waals surface area contributed by atoms with Gasteiger partial charge >= 0.3 is 6.09 Å². The van der Waals surface area contributed by atoms with Gasteiger partial charge < -0.3 is 14.4 Å². The van der Waals surface area contributed by atoms with Crippen LogP contribution >= 0.6 is 0 Å². The maximum Gasteiger partial charge on any atom is 0.410 e. The number of ketones is 1. The summed E-state index contributed by atoms with van der Waals surface area (Å²) < 4.78 is 11.0. The summed E-state index contributed by atoms with van der Waals surface area (Å²) in [6, 6.07) is 0. The monoisotopic (exact) mass is 269 g/mol. The number of carbonyl (C=O) groups excluding carboxylic acids is 2. The zero-order valence-corrected chi connectivity index (χ0v) is 12.0. The van der Waals surface area contributed by atoms with E-state index in [1.165, 1.54) is 0 Å². The van der Waals surface area contributed by atoms with Crippen molar-refractivity contribution in [3.63, 3.8) is 0 Å². The van der Waals surface area contributed by atoms with Crippen LogP contribution in [0.4, 0.5) is 4.79 Å². The predicted octanol–water partition coefficient (Wildman–Crippen LogP) is 1.99. The molecular weight excluding hydrogens is 246 g/mol. The number of rotatable bonds is 1. The number of hydrogen-bond donors (Lipinski definition) is 0. The van der Waals surface area contributed by atoms with Crippen LogP contribution in [-0.4, -0.2) is 48.2 Å². The number of ether oxygens (including phenoxy) is 2. The molecule has 5 nitrogen and oxygen atoms in total. The maximum atomic E-state index is 11.9. The highest BCUT2D eigenvalue weighted by molar-refractivity contribution is 5.79. The number of amides is 1. The summed E-state index contributed by atoms with van der Waals surface area (Å²) in [7, 11) is 0. The van der Waals surface area contributed by atoms with E-state index in [4.69, 9.17) is 9.47 Å². The first-order chi connectivity index (χ1) is 8.85. The Labute approximate surface area is 114 Å². The molecule has 2 atom stereocenters. The first-order valence-corrected chi connectivity index (χ1v) is 6.96. The van der Waals surface area contributed by atoms with E-state index in [-0.39, 0.29) is 23.9 Å². The lowest BCUT2D eigenvalue weighted by molar-refractivity contribution is -0.130. The Balaban J connectivity index is 1.85. The van der Waals surface area contributed by atoms with Crippen molar-refractivity contribution < 1.29 is 19.1 Å². The van der Waals surface area contributed by atoms with Gasteiger partial charge in [-0.1, -0.05) is 0 Å². The van der Waals surface area contributed by atoms with Crippen LogP contribution in [0.5, 0.6) is 0 Å². The molecule has 2 heterocycles. The Morgan fingerprint density at radius 3 is 2.79 bits per heavy atom. The molecule has 0 N–H and O–H groups in total. The van der Waals surface area contributed by atoms with E-state index in [0.717, 1.165) is 6.42 Å². The average molecular weight is 269 g/mol. The molecule has 2 unspecified atom stereocenters. The second-order valence-electron chi connectivity index (χ2n) is 6.38. The van der Waals surface area contributed by atoms with Gasteiger partial charge in [0.05, 0.1) is 12.7 Å². The third-order valence-electron chi connectivity index (χ3n) is 3.54. The van der Waals surface area contributed by atoms with E-state index < -0.39 is 5.60 Å². The lowest BCUT2D eigenvalue weighted by atomic mass is 9.94. The van der Waals surface area contributed by atoms with E-state index in [1.807, 2.05) is 20.8 Å². The molecule has 2 aliphatic rings. The molecule has 2 fully saturated rings. The molecule has 0 radical (unpaired) electrons. The summed E-state index contributed by atoms with van der Waals surface area (Å²) in [5, 5.41) is 0. The van der Waals surface area contributed by atoms with Crippen LogP contribution < -0.4 is 0 Å². The van der Waals surface area contributed by atoms with Gasteiger partial charge in [-0.3, -0.25) is 4.79 Å². The summed E-state index contributed by atoms with van der Waals surface area (Å²) in [6.45, 7) is 7.43. The van der Waals surface area contributed by atoms with E-state index in [2.05, 4.69) is 0 Å². The van der Waals surface area contributed by atoms with Crippen molar-refractivity contribution in [2.75, 3.05) is 19.7 Å². The lowest BCUT2D eigenvalue weighted by Crippen LogP contribution is -2.38. The predicted molar refractivity (Wildman–Crippen MR) is 69.9 cm³/mol. The number of likely N-dealkylation sites (tertiary alicyclic amines) is 1. The maximum absolute atomic E-state index is 11.9. The molecule has 5 heteroatoms. The van der Waals surface area contributed by atoms with Gasteiger partial charge in [0.25, 0.3) is 0 Å². The van der Waals surface area contributed by atoms with Crippen molar-refractivity contribution in [1.29, 1.82) is 0 Å². The molecule has 108 valence electrons. The van der Waals surface area contributed by atoms with Gasteiger partial charge in [-0.05, 0) is 27.2 Å². The van der Waals surface area contributed by atoms with Gasteiger partial charge in [0.1, 0.15) is 11.4 Å². The summed E-state index contributed by atoms with van der Waals surface area (Å²) in [4.78, 5) is 25.1. The Morgan fingerprint density at radius 1 is 1.42 bits per heavy atom. The molecule has 2 rings (SSSR count). The van der Waals surface area contributed by atoms with E-state index in [1.54, 1.807) is 4.90 Å². The minimum atomic E-state index is -0.466. The molecule has 1 amide bonds. The van der Waals surface area contributed by atoms with Crippen molar-refractivity contribution in [3.8, 4) is 0 Å². The van der Waals surface area contributed by atoms with Crippen molar-refractivity contribution in [1.82, 2.24) is 4.90 Å². The molecule has 0 aromatic carbocycles. The van der Waals surface area contributed by atoms with Crippen LogP contribution in [0.25, 0.3) is 0 Å². The fraction of sp³-hybridized carbons (Fsp3) is 0.857. The summed E-state index contributed by atoms with van der Waals surface area (Å²) in [5.74, 6) is 0.531. The fourth-order valence-electron chi connectivity index (χ4n) is 2.60. The Hall–Kier alpha value is -1.10. The quantitative estimate of drug-likeness (QED) is 0.730. The number of hydrogen-bond acceptors (Lipinski definition) is 4. The summed E-state index contributed by atoms with van der Waals surface area (Å²) >= 11 is 0. The highest BCUT2D eigenvalue weighted by Crippen LogP contribution is 2.27. The normalized spacial score (nSPS) is 28.6. The van der Waals surface area contributed by atoms with Gasteiger partial charge in [0, 0.05) is 31.8 Å². The van der Waals surface area contributed by atoms with Gasteiger partial charge in [-0.15, -0.1) is 0 Å². The van der Waals surface area contributed by atoms with Crippen LogP contribution in [0.3, 0.4) is 0 Å². The Kier molecular flexibility index (Phi) is 4.13. The topological polar surface area (TPSA) is 55.8 Å². The second kappa shape index (κ2) is 5.49. The van der Waals surface area contributed by atoms with Crippen LogP contribution in [0, 0.1) is 5.92 Å². The highest BCUT2D eigenvalue weighted by atomic mass is 16.6. The minimum Gasteiger partial charge on any atom is -0.444 e. The molecule has 19 heavy (non-hydrogen) atoms. The zero-order chi connectivity index (χ0) is 14.0. The summed E-state index contributed by atoms with van der Waals surface area (Å²) in [6.07, 6.45) is 1.62. The van der Waals surface area contributed by atoms with Crippen molar-refractivity contribution >= 4 is 11.9 Å². The average Bonchev–Trinajstić information content (AvgIpc) is 2.75. The van der Waals surface area contributed by atoms with Crippen molar-refractivity contribution in [2.45, 2.75) is 51.7 Å². The number of nitrogens with zero attached hydrogens (tertiary/aromatic N) is 1. The molecule has 2 aliphatic heterocycles. The Morgan fingerprint density at radius 2 is 2.16 bits per heavy atom. The third kappa shape index (κ3) is 3.93. The molecule has 2 saturated heterocycles. The van der Waals surface area contributed by atoms with Gasteiger partial charge in [-0.2, -0.15) is 0 Å². The molecule has 0 aromatic rings. The standard InChI is InChI=1S/C14H23NO4/c1-14(2,3)19-13(17)15-6-4-10(9-15)12-8-11(16)5-7-18-12/h10,12H,4-9H2,1-3H3. The van der Waals surface area contributed by atoms with E-state index in [0.29, 0.717) is 32.5 Å². The van der Waals surface area contributed by atoms with Crippen LogP contribution in [0.1, 0.15) is 40.0 Å². The fourth-order valence-corrected chi connectivity index (χ4v) is 2.60. The highest BCUT2D eigenvalue weighted by Gasteiger charge is 2.36. The van der Waals surface area contributed by atoms with Crippen molar-refractivity contribution in [2.24, 2.45) is 5.92 Å². The molecular formula is C14H23NO4. The SMILES string of the molecule is CC(C)(C)OC(=O)N1CCC(C2CC(=O)CCO2)C1. The molecule has 0 bridgehead atoms. The van der Waals surface area contributed by atoms with Gasteiger partial charge in [0.2, 0.25) is 0 Å². The number of carbonyl (C=O) groups is 2. The van der Waals surface area contributed by atoms with Crippen LogP contribution in [-0.2, 0) is 14.3 Å². The first kappa shape index (κ1) is 14.3. The lowest BCUT2D eigenvalue weighted by Gasteiger charge is -2.28. The smallest absolute Gasteiger partial charge is 0.410 e. The summed E-state index contributed by atoms with van der Waals surface area (Å²) in [5.41, 5.74) is -0.466. The van der Waals surface area contributed by atoms with Gasteiger partial charge in [-0.25, -0.2) is 4.79 Å². The molecule has 0 spiro atoms. The van der Waals surface area contributed by atoms with E-state index >= 15 is 0 Å². The molecule has 0 aliphatic carbocycles. The minimum absolute atomic E-state index is 0.0197. The number of Topliss-reactive ketones (excluding diaryl/α,β-unsaturated/α-hetero) is 1. The second-order valence-corrected chi connectivity index (χ2v) is 6.38. The van der Waals surface area contributed by atoms with Crippen LogP contribution in [0.2, 0.25) is 0 Å². The van der Waals surface area contributed by atoms with Gasteiger partial charge in [0.15, 0.2) is 0 Å². The third-order valence-corrected chi connectivity index (χ3v) is 3.54. The Bertz CT molecular complexity index is 361. The van der Waals surface area contributed by atoms with Crippen molar-refractivity contribution in [3.05, 3.63) is 0 Å². The van der Waals surface area contributed by atoms with Crippen LogP contribution in [0.15, 0.2) is 0 Å². The van der Waals surface area contributed by atoms with E-state index in [9.17, 15) is 9.59 Å². The zero-order valence-electron chi connectivity index (χ0n) is 12.0. The largest absolute Gasteiger partial charge is 0.444 e. The molecule has 0 aromatic heterocycles. The first-order valence-electron chi connectivity index (χ1n) is 6.96. The molecule has 0 saturated carbocycles.